The van der Waals surface area contributed by atoms with Crippen LogP contribution in [0.4, 0.5) is 0 Å². The summed E-state index contributed by atoms with van der Waals surface area (Å²) in [6, 6.07) is 0. The summed E-state index contributed by atoms with van der Waals surface area (Å²) < 4.78 is 0. The van der Waals surface area contributed by atoms with Gasteiger partial charge in [0, 0.05) is 6.54 Å². The maximum absolute atomic E-state index is 8.65. The summed E-state index contributed by atoms with van der Waals surface area (Å²) in [4.78, 5) is 0. The molecule has 1 atom stereocenters. The second-order valence-corrected chi connectivity index (χ2v) is 1.68. The summed E-state index contributed by atoms with van der Waals surface area (Å²) in [6.07, 6.45) is 4.62. The van der Waals surface area contributed by atoms with Crippen molar-refractivity contribution in [1.29, 1.82) is 0 Å². The van der Waals surface area contributed by atoms with Gasteiger partial charge in [-0.3, -0.25) is 0 Å². The molecule has 0 saturated carbocycles. The minimum Gasteiger partial charge on any atom is -0.392 e. The van der Waals surface area contributed by atoms with E-state index in [9.17, 15) is 0 Å². The first kappa shape index (κ1) is 7.48. The molecule has 0 aliphatic rings. The van der Waals surface area contributed by atoms with Gasteiger partial charge in [-0.05, 0) is 6.92 Å². The van der Waals surface area contributed by atoms with Crippen LogP contribution in [0.1, 0.15) is 6.92 Å². The smallest absolute Gasteiger partial charge is 0.0636 e. The number of aliphatic hydroxyl groups is 1. The van der Waals surface area contributed by atoms with Crippen molar-refractivity contribution in [1.82, 2.24) is 5.32 Å². The van der Waals surface area contributed by atoms with Gasteiger partial charge in [0.1, 0.15) is 0 Å². The summed E-state index contributed by atoms with van der Waals surface area (Å²) >= 11 is 0. The van der Waals surface area contributed by atoms with E-state index in [-0.39, 0.29) is 6.10 Å². The summed E-state index contributed by atoms with van der Waals surface area (Å²) in [6.45, 7) is 2.82. The maximum Gasteiger partial charge on any atom is 0.0636 e. The Morgan fingerprint density at radius 2 is 2.50 bits per heavy atom. The van der Waals surface area contributed by atoms with Gasteiger partial charge < -0.3 is 10.4 Å². The van der Waals surface area contributed by atoms with Crippen LogP contribution in [0.3, 0.4) is 0 Å². The Bertz CT molecular complexity index is 83.0. The molecule has 0 fully saturated rings. The van der Waals surface area contributed by atoms with Crippen molar-refractivity contribution in [3.63, 3.8) is 0 Å². The molecule has 0 aromatic heterocycles. The monoisotopic (exact) mass is 113 g/mol. The molecule has 0 aromatic rings. The van der Waals surface area contributed by atoms with Crippen molar-refractivity contribution < 1.29 is 5.11 Å². The molecule has 0 aliphatic heterocycles. The molecule has 2 N–H and O–H groups in total. The molecule has 2 nitrogen and oxygen atoms in total. The Balaban J connectivity index is 2.85. The SMILES string of the molecule is C#CCNC[C@@H](C)O. The second-order valence-electron chi connectivity index (χ2n) is 1.68. The molecule has 2 heteroatoms. The standard InChI is InChI=1S/C6H11NO/c1-3-4-7-5-6(2)8/h1,6-8H,4-5H2,2H3/t6-/m1/s1. The Morgan fingerprint density at radius 1 is 1.88 bits per heavy atom. The zero-order chi connectivity index (χ0) is 6.41. The Hall–Kier alpha value is -0.520. The van der Waals surface area contributed by atoms with Crippen LogP contribution in [-0.4, -0.2) is 24.3 Å². The van der Waals surface area contributed by atoms with E-state index in [0.29, 0.717) is 13.1 Å². The third kappa shape index (κ3) is 5.48. The minimum absolute atomic E-state index is 0.302. The highest BCUT2D eigenvalue weighted by atomic mass is 16.3. The lowest BCUT2D eigenvalue weighted by Crippen LogP contribution is -2.24. The molecule has 8 heavy (non-hydrogen) atoms. The number of aliphatic hydroxyl groups excluding tert-OH is 1. The fourth-order valence-electron chi connectivity index (χ4n) is 0.353. The number of rotatable bonds is 3. The highest BCUT2D eigenvalue weighted by Crippen LogP contribution is 1.71. The molecule has 0 heterocycles. The molecule has 46 valence electrons. The van der Waals surface area contributed by atoms with E-state index in [4.69, 9.17) is 11.5 Å². The van der Waals surface area contributed by atoms with E-state index in [1.165, 1.54) is 0 Å². The van der Waals surface area contributed by atoms with Crippen LogP contribution >= 0.6 is 0 Å². The average Bonchev–Trinajstić information content (AvgIpc) is 1.66. The van der Waals surface area contributed by atoms with Crippen molar-refractivity contribution in [2.24, 2.45) is 0 Å². The molecule has 0 rings (SSSR count). The quantitative estimate of drug-likeness (QED) is 0.385. The van der Waals surface area contributed by atoms with E-state index in [1.807, 2.05) is 0 Å². The van der Waals surface area contributed by atoms with Gasteiger partial charge in [0.2, 0.25) is 0 Å². The molecule has 0 spiro atoms. The highest BCUT2D eigenvalue weighted by Gasteiger charge is 1.89. The summed E-state index contributed by atoms with van der Waals surface area (Å²) in [7, 11) is 0. The van der Waals surface area contributed by atoms with E-state index < -0.39 is 0 Å². The van der Waals surface area contributed by atoms with Crippen LogP contribution in [0.25, 0.3) is 0 Å². The van der Waals surface area contributed by atoms with E-state index in [1.54, 1.807) is 6.92 Å². The van der Waals surface area contributed by atoms with Crippen molar-refractivity contribution in [3.05, 3.63) is 0 Å². The molecular formula is C6H11NO. The Morgan fingerprint density at radius 3 is 2.88 bits per heavy atom. The lowest BCUT2D eigenvalue weighted by molar-refractivity contribution is 0.193. The summed E-state index contributed by atoms with van der Waals surface area (Å²) in [5.74, 6) is 2.40. The topological polar surface area (TPSA) is 32.3 Å². The molecule has 0 aromatic carbocycles. The van der Waals surface area contributed by atoms with Crippen molar-refractivity contribution in [2.45, 2.75) is 13.0 Å². The molecule has 0 unspecified atom stereocenters. The van der Waals surface area contributed by atoms with Crippen molar-refractivity contribution in [3.8, 4) is 12.3 Å². The molecule has 0 radical (unpaired) electrons. The lowest BCUT2D eigenvalue weighted by Gasteiger charge is -2.01. The van der Waals surface area contributed by atoms with Crippen molar-refractivity contribution in [2.75, 3.05) is 13.1 Å². The number of terminal acetylenes is 1. The predicted molar refractivity (Wildman–Crippen MR) is 33.4 cm³/mol. The summed E-state index contributed by atoms with van der Waals surface area (Å²) in [5, 5.41) is 11.5. The van der Waals surface area contributed by atoms with E-state index in [0.717, 1.165) is 0 Å². The predicted octanol–water partition coefficient (Wildman–Crippen LogP) is -0.410. The van der Waals surface area contributed by atoms with Gasteiger partial charge in [-0.15, -0.1) is 6.42 Å². The number of hydrogen-bond acceptors (Lipinski definition) is 2. The van der Waals surface area contributed by atoms with Gasteiger partial charge in [0.05, 0.1) is 12.6 Å². The van der Waals surface area contributed by atoms with Crippen molar-refractivity contribution >= 4 is 0 Å². The number of hydrogen-bond donors (Lipinski definition) is 2. The molecule has 0 aliphatic carbocycles. The second kappa shape index (κ2) is 4.63. The normalized spacial score (nSPS) is 12.6. The van der Waals surface area contributed by atoms with Gasteiger partial charge in [0.15, 0.2) is 0 Å². The van der Waals surface area contributed by atoms with Gasteiger partial charge in [-0.25, -0.2) is 0 Å². The van der Waals surface area contributed by atoms with Gasteiger partial charge in [0.25, 0.3) is 0 Å². The van der Waals surface area contributed by atoms with Crippen LogP contribution in [-0.2, 0) is 0 Å². The maximum atomic E-state index is 8.65. The van der Waals surface area contributed by atoms with Crippen LogP contribution in [0.15, 0.2) is 0 Å². The van der Waals surface area contributed by atoms with E-state index in [2.05, 4.69) is 11.2 Å². The zero-order valence-electron chi connectivity index (χ0n) is 5.02. The molecule has 0 bridgehead atoms. The summed E-state index contributed by atoms with van der Waals surface area (Å²) in [5.41, 5.74) is 0. The van der Waals surface area contributed by atoms with E-state index >= 15 is 0 Å². The van der Waals surface area contributed by atoms with Gasteiger partial charge >= 0.3 is 0 Å². The third-order valence-corrected chi connectivity index (χ3v) is 0.667. The molecule has 0 amide bonds. The Kier molecular flexibility index (Phi) is 4.33. The first-order valence-electron chi connectivity index (χ1n) is 2.59. The van der Waals surface area contributed by atoms with Gasteiger partial charge in [-0.2, -0.15) is 0 Å². The minimum atomic E-state index is -0.302. The molecular weight excluding hydrogens is 102 g/mol. The third-order valence-electron chi connectivity index (χ3n) is 0.667. The lowest BCUT2D eigenvalue weighted by atomic mass is 10.4. The van der Waals surface area contributed by atoms with Gasteiger partial charge in [-0.1, -0.05) is 5.92 Å². The van der Waals surface area contributed by atoms with Crippen LogP contribution in [0, 0.1) is 12.3 Å². The largest absolute Gasteiger partial charge is 0.392 e. The highest BCUT2D eigenvalue weighted by molar-refractivity contribution is 4.86. The van der Waals surface area contributed by atoms with Crippen LogP contribution in [0.2, 0.25) is 0 Å². The Labute approximate surface area is 49.9 Å². The van der Waals surface area contributed by atoms with Crippen LogP contribution < -0.4 is 5.32 Å². The first-order valence-corrected chi connectivity index (χ1v) is 2.59. The molecule has 0 saturated heterocycles. The fraction of sp³-hybridized carbons (Fsp3) is 0.667. The first-order chi connectivity index (χ1) is 3.77. The number of nitrogens with one attached hydrogen (secondary N) is 1. The average molecular weight is 113 g/mol. The fourth-order valence-corrected chi connectivity index (χ4v) is 0.353. The van der Waals surface area contributed by atoms with Crippen LogP contribution in [0.5, 0.6) is 0 Å². The zero-order valence-corrected chi connectivity index (χ0v) is 5.02.